The SMILES string of the molecule is Brc1csc(-c2ccnc(N3CCCNCC3)n2)c1. The lowest BCUT2D eigenvalue weighted by Gasteiger charge is -2.19. The maximum atomic E-state index is 4.70. The smallest absolute Gasteiger partial charge is 0.225 e. The topological polar surface area (TPSA) is 41.1 Å². The minimum atomic E-state index is 0.839. The number of anilines is 1. The van der Waals surface area contributed by atoms with Crippen molar-refractivity contribution >= 4 is 33.2 Å². The van der Waals surface area contributed by atoms with Crippen molar-refractivity contribution in [2.75, 3.05) is 31.1 Å². The molecule has 1 aliphatic heterocycles. The molecule has 2 aromatic heterocycles. The molecule has 0 atom stereocenters. The quantitative estimate of drug-likeness (QED) is 0.914. The second-order valence-corrected chi connectivity index (χ2v) is 6.29. The van der Waals surface area contributed by atoms with Crippen molar-refractivity contribution in [3.05, 3.63) is 28.2 Å². The maximum Gasteiger partial charge on any atom is 0.225 e. The van der Waals surface area contributed by atoms with Crippen LogP contribution in [0.25, 0.3) is 10.6 Å². The van der Waals surface area contributed by atoms with Gasteiger partial charge in [0, 0.05) is 35.7 Å². The molecule has 0 amide bonds. The molecule has 0 radical (unpaired) electrons. The summed E-state index contributed by atoms with van der Waals surface area (Å²) in [5.74, 6) is 0.839. The Bertz CT molecular complexity index is 549. The first-order chi connectivity index (χ1) is 9.33. The van der Waals surface area contributed by atoms with Crippen molar-refractivity contribution in [1.82, 2.24) is 15.3 Å². The van der Waals surface area contributed by atoms with Crippen LogP contribution in [0.4, 0.5) is 5.95 Å². The molecular weight excluding hydrogens is 324 g/mol. The zero-order valence-electron chi connectivity index (χ0n) is 10.5. The highest BCUT2D eigenvalue weighted by molar-refractivity contribution is 9.10. The highest BCUT2D eigenvalue weighted by atomic mass is 79.9. The highest BCUT2D eigenvalue weighted by Gasteiger charge is 2.13. The monoisotopic (exact) mass is 338 g/mol. The van der Waals surface area contributed by atoms with Crippen molar-refractivity contribution in [2.45, 2.75) is 6.42 Å². The second-order valence-electron chi connectivity index (χ2n) is 4.46. The van der Waals surface area contributed by atoms with E-state index in [2.05, 4.69) is 42.6 Å². The van der Waals surface area contributed by atoms with Crippen molar-refractivity contribution in [2.24, 2.45) is 0 Å². The number of hydrogen-bond acceptors (Lipinski definition) is 5. The Kier molecular flexibility index (Phi) is 4.10. The number of aromatic nitrogens is 2. The van der Waals surface area contributed by atoms with E-state index in [-0.39, 0.29) is 0 Å². The minimum absolute atomic E-state index is 0.839. The molecule has 1 fully saturated rings. The van der Waals surface area contributed by atoms with Gasteiger partial charge in [0.05, 0.1) is 10.6 Å². The largest absolute Gasteiger partial charge is 0.339 e. The summed E-state index contributed by atoms with van der Waals surface area (Å²) in [5.41, 5.74) is 0.998. The van der Waals surface area contributed by atoms with Gasteiger partial charge in [0.25, 0.3) is 0 Å². The fourth-order valence-electron chi connectivity index (χ4n) is 2.13. The normalized spacial score (nSPS) is 16.4. The zero-order chi connectivity index (χ0) is 13.1. The molecule has 0 aliphatic carbocycles. The van der Waals surface area contributed by atoms with Gasteiger partial charge in [0.15, 0.2) is 0 Å². The molecule has 4 nitrogen and oxygen atoms in total. The van der Waals surface area contributed by atoms with Crippen LogP contribution >= 0.6 is 27.3 Å². The van der Waals surface area contributed by atoms with E-state index >= 15 is 0 Å². The van der Waals surface area contributed by atoms with Gasteiger partial charge in [0.2, 0.25) is 5.95 Å². The van der Waals surface area contributed by atoms with Gasteiger partial charge in [-0.2, -0.15) is 0 Å². The molecule has 0 saturated carbocycles. The molecule has 1 aliphatic rings. The first kappa shape index (κ1) is 13.0. The molecule has 3 rings (SSSR count). The van der Waals surface area contributed by atoms with E-state index in [0.29, 0.717) is 0 Å². The lowest BCUT2D eigenvalue weighted by Crippen LogP contribution is -2.29. The summed E-state index contributed by atoms with van der Waals surface area (Å²) in [6.07, 6.45) is 2.99. The van der Waals surface area contributed by atoms with E-state index in [1.54, 1.807) is 11.3 Å². The summed E-state index contributed by atoms with van der Waals surface area (Å²) in [6.45, 7) is 4.06. The van der Waals surface area contributed by atoms with Crippen LogP contribution in [0, 0.1) is 0 Å². The molecule has 0 bridgehead atoms. The highest BCUT2D eigenvalue weighted by Crippen LogP contribution is 2.29. The van der Waals surface area contributed by atoms with E-state index in [1.807, 2.05) is 12.3 Å². The summed E-state index contributed by atoms with van der Waals surface area (Å²) in [4.78, 5) is 12.5. The number of thiophene rings is 1. The second kappa shape index (κ2) is 5.98. The van der Waals surface area contributed by atoms with Crippen molar-refractivity contribution in [3.8, 4) is 10.6 Å². The van der Waals surface area contributed by atoms with Crippen LogP contribution in [0.3, 0.4) is 0 Å². The summed E-state index contributed by atoms with van der Waals surface area (Å²) in [6, 6.07) is 4.07. The van der Waals surface area contributed by atoms with Gasteiger partial charge >= 0.3 is 0 Å². The molecule has 6 heteroatoms. The first-order valence-corrected chi connectivity index (χ1v) is 8.03. The average Bonchev–Trinajstić information content (AvgIpc) is 2.71. The predicted molar refractivity (Wildman–Crippen MR) is 82.7 cm³/mol. The van der Waals surface area contributed by atoms with Gasteiger partial charge in [-0.15, -0.1) is 11.3 Å². The van der Waals surface area contributed by atoms with E-state index < -0.39 is 0 Å². The van der Waals surface area contributed by atoms with Crippen LogP contribution in [0.1, 0.15) is 6.42 Å². The van der Waals surface area contributed by atoms with E-state index in [0.717, 1.165) is 48.7 Å². The van der Waals surface area contributed by atoms with Crippen LogP contribution in [0.5, 0.6) is 0 Å². The van der Waals surface area contributed by atoms with Gasteiger partial charge in [-0.3, -0.25) is 0 Å². The van der Waals surface area contributed by atoms with Crippen LogP contribution in [0.15, 0.2) is 28.2 Å². The zero-order valence-corrected chi connectivity index (χ0v) is 12.9. The molecule has 0 aromatic carbocycles. The number of nitrogens with one attached hydrogen (secondary N) is 1. The Labute approximate surface area is 125 Å². The number of nitrogens with zero attached hydrogens (tertiary/aromatic N) is 3. The summed E-state index contributed by atoms with van der Waals surface area (Å²) >= 11 is 5.18. The lowest BCUT2D eigenvalue weighted by atomic mass is 10.3. The van der Waals surface area contributed by atoms with Crippen LogP contribution in [0.2, 0.25) is 0 Å². The van der Waals surface area contributed by atoms with Crippen LogP contribution < -0.4 is 10.2 Å². The van der Waals surface area contributed by atoms with E-state index in [1.165, 1.54) is 4.88 Å². The predicted octanol–water partition coefficient (Wildman–Crippen LogP) is 2.77. The minimum Gasteiger partial charge on any atom is -0.339 e. The standard InChI is InChI=1S/C13H15BrN4S/c14-10-8-12(19-9-10)11-2-4-16-13(17-11)18-6-1-3-15-5-7-18/h2,4,8-9,15H,1,3,5-7H2. The molecule has 1 N–H and O–H groups in total. The van der Waals surface area contributed by atoms with E-state index in [4.69, 9.17) is 4.98 Å². The molecule has 19 heavy (non-hydrogen) atoms. The van der Waals surface area contributed by atoms with Crippen molar-refractivity contribution in [1.29, 1.82) is 0 Å². The number of halogens is 1. The van der Waals surface area contributed by atoms with Crippen LogP contribution in [-0.2, 0) is 0 Å². The molecule has 2 aromatic rings. The van der Waals surface area contributed by atoms with Gasteiger partial charge in [-0.05, 0) is 41.0 Å². The summed E-state index contributed by atoms with van der Waals surface area (Å²) < 4.78 is 1.10. The Hall–Kier alpha value is -0.980. The Morgan fingerprint density at radius 3 is 3.11 bits per heavy atom. The maximum absolute atomic E-state index is 4.70. The molecule has 100 valence electrons. The van der Waals surface area contributed by atoms with Gasteiger partial charge in [-0.25, -0.2) is 9.97 Å². The van der Waals surface area contributed by atoms with Crippen molar-refractivity contribution < 1.29 is 0 Å². The summed E-state index contributed by atoms with van der Waals surface area (Å²) in [5, 5.41) is 5.47. The van der Waals surface area contributed by atoms with Gasteiger partial charge in [-0.1, -0.05) is 0 Å². The average molecular weight is 339 g/mol. The van der Waals surface area contributed by atoms with Gasteiger partial charge in [0.1, 0.15) is 0 Å². The molecule has 1 saturated heterocycles. The van der Waals surface area contributed by atoms with Gasteiger partial charge < -0.3 is 10.2 Å². The molecule has 0 spiro atoms. The fourth-order valence-corrected chi connectivity index (χ4v) is 3.53. The third kappa shape index (κ3) is 3.13. The Morgan fingerprint density at radius 1 is 1.32 bits per heavy atom. The first-order valence-electron chi connectivity index (χ1n) is 6.36. The number of rotatable bonds is 2. The van der Waals surface area contributed by atoms with Crippen molar-refractivity contribution in [3.63, 3.8) is 0 Å². The molecule has 3 heterocycles. The molecule has 0 unspecified atom stereocenters. The lowest BCUT2D eigenvalue weighted by molar-refractivity contribution is 0.724. The Morgan fingerprint density at radius 2 is 2.26 bits per heavy atom. The van der Waals surface area contributed by atoms with Crippen LogP contribution in [-0.4, -0.2) is 36.1 Å². The number of hydrogen-bond donors (Lipinski definition) is 1. The Balaban J connectivity index is 1.86. The molecular formula is C13H15BrN4S. The van der Waals surface area contributed by atoms with E-state index in [9.17, 15) is 0 Å². The third-order valence-electron chi connectivity index (χ3n) is 3.09. The fraction of sp³-hybridized carbons (Fsp3) is 0.385. The summed E-state index contributed by atoms with van der Waals surface area (Å²) in [7, 11) is 0. The third-order valence-corrected chi connectivity index (χ3v) is 4.80.